The number of amides is 1. The van der Waals surface area contributed by atoms with Crippen LogP contribution in [-0.2, 0) is 16.1 Å². The molecular weight excluding hydrogens is 428 g/mol. The lowest BCUT2D eigenvalue weighted by Gasteiger charge is -2.20. The molecule has 0 spiro atoms. The van der Waals surface area contributed by atoms with Gasteiger partial charge in [0.15, 0.2) is 5.13 Å². The van der Waals surface area contributed by atoms with Crippen LogP contribution in [0.1, 0.15) is 48.3 Å². The molecule has 0 bridgehead atoms. The van der Waals surface area contributed by atoms with E-state index in [1.165, 1.54) is 23.2 Å². The number of para-hydroxylation sites is 3. The zero-order valence-electron chi connectivity index (χ0n) is 18.3. The molecule has 0 unspecified atom stereocenters. The van der Waals surface area contributed by atoms with Crippen LogP contribution in [-0.4, -0.2) is 30.1 Å². The van der Waals surface area contributed by atoms with E-state index in [4.69, 9.17) is 14.2 Å². The number of anilines is 2. The number of fused-ring (bicyclic) bond motifs is 1. The molecular formula is C24H24N2O5S. The number of thiazole rings is 1. The molecule has 3 aromatic rings. The van der Waals surface area contributed by atoms with Crippen molar-refractivity contribution in [1.29, 1.82) is 0 Å². The fourth-order valence-corrected chi connectivity index (χ4v) is 4.52. The van der Waals surface area contributed by atoms with Gasteiger partial charge in [-0.2, -0.15) is 0 Å². The molecule has 1 aliphatic rings. The molecule has 1 aromatic heterocycles. The van der Waals surface area contributed by atoms with E-state index in [0.717, 1.165) is 5.56 Å². The van der Waals surface area contributed by atoms with Crippen LogP contribution >= 0.6 is 11.3 Å². The summed E-state index contributed by atoms with van der Waals surface area (Å²) in [5.74, 6) is 0.701. The van der Waals surface area contributed by atoms with Crippen molar-refractivity contribution in [3.05, 3.63) is 64.7 Å². The molecule has 166 valence electrons. The van der Waals surface area contributed by atoms with Gasteiger partial charge in [0.1, 0.15) is 29.8 Å². The van der Waals surface area contributed by atoms with Gasteiger partial charge < -0.3 is 14.2 Å². The van der Waals surface area contributed by atoms with E-state index >= 15 is 0 Å². The van der Waals surface area contributed by atoms with Gasteiger partial charge in [0.05, 0.1) is 18.5 Å². The first-order chi connectivity index (χ1) is 15.4. The second-order valence-corrected chi connectivity index (χ2v) is 8.40. The first-order valence-corrected chi connectivity index (χ1v) is 11.1. The zero-order valence-corrected chi connectivity index (χ0v) is 19.1. The van der Waals surface area contributed by atoms with Crippen molar-refractivity contribution in [2.75, 3.05) is 12.0 Å². The molecule has 0 saturated carbocycles. The highest BCUT2D eigenvalue weighted by Gasteiger charge is 2.31. The first-order valence-electron chi connectivity index (χ1n) is 10.3. The summed E-state index contributed by atoms with van der Waals surface area (Å²) in [7, 11) is 1.55. The topological polar surface area (TPSA) is 78.0 Å². The Morgan fingerprint density at radius 2 is 1.94 bits per heavy atom. The quantitative estimate of drug-likeness (QED) is 0.486. The standard InChI is InChI=1S/C24H24N2O5S/c1-14-15(2)31-22-18(14)8-7-9-19(22)23(28)30-12-17-13-32-24(25-17)26(16(3)27)20-10-5-6-11-21(20)29-4/h5-11,13-15H,12H2,1-4H3/t14-,15+/m1/s1. The summed E-state index contributed by atoms with van der Waals surface area (Å²) < 4.78 is 16.8. The number of carbonyl (C=O) groups is 2. The molecule has 2 atom stereocenters. The number of carbonyl (C=O) groups excluding carboxylic acids is 2. The molecule has 2 aromatic carbocycles. The van der Waals surface area contributed by atoms with E-state index in [0.29, 0.717) is 33.6 Å². The number of nitrogens with zero attached hydrogens (tertiary/aromatic N) is 2. The Bertz CT molecular complexity index is 1160. The van der Waals surface area contributed by atoms with Crippen LogP contribution in [0.25, 0.3) is 0 Å². The Hall–Kier alpha value is -3.39. The van der Waals surface area contributed by atoms with Gasteiger partial charge in [-0.25, -0.2) is 9.78 Å². The maximum Gasteiger partial charge on any atom is 0.342 e. The smallest absolute Gasteiger partial charge is 0.342 e. The van der Waals surface area contributed by atoms with Gasteiger partial charge in [-0.1, -0.05) is 31.2 Å². The summed E-state index contributed by atoms with van der Waals surface area (Å²) in [6, 6.07) is 12.7. The molecule has 7 nitrogen and oxygen atoms in total. The van der Waals surface area contributed by atoms with Gasteiger partial charge in [-0.3, -0.25) is 9.69 Å². The Morgan fingerprint density at radius 3 is 2.69 bits per heavy atom. The molecule has 0 radical (unpaired) electrons. The molecule has 0 aliphatic carbocycles. The molecule has 2 heterocycles. The third-order valence-corrected chi connectivity index (χ3v) is 6.36. The SMILES string of the molecule is COc1ccccc1N(C(C)=O)c1nc(COC(=O)c2cccc3c2O[C@@H](C)[C@H]3C)cs1. The maximum absolute atomic E-state index is 12.7. The fourth-order valence-electron chi connectivity index (χ4n) is 3.65. The van der Waals surface area contributed by atoms with Crippen molar-refractivity contribution in [2.45, 2.75) is 39.4 Å². The minimum Gasteiger partial charge on any atom is -0.495 e. The Morgan fingerprint density at radius 1 is 1.16 bits per heavy atom. The number of ether oxygens (including phenoxy) is 3. The molecule has 1 amide bonds. The number of rotatable bonds is 6. The predicted molar refractivity (Wildman–Crippen MR) is 122 cm³/mol. The van der Waals surface area contributed by atoms with E-state index in [-0.39, 0.29) is 24.5 Å². The fraction of sp³-hybridized carbons (Fsp3) is 0.292. The third-order valence-electron chi connectivity index (χ3n) is 5.49. The summed E-state index contributed by atoms with van der Waals surface area (Å²) >= 11 is 1.29. The van der Waals surface area contributed by atoms with E-state index < -0.39 is 5.97 Å². The zero-order chi connectivity index (χ0) is 22.8. The molecule has 8 heteroatoms. The summed E-state index contributed by atoms with van der Waals surface area (Å²) in [4.78, 5) is 31.1. The van der Waals surface area contributed by atoms with E-state index in [9.17, 15) is 9.59 Å². The highest BCUT2D eigenvalue weighted by atomic mass is 32.1. The van der Waals surface area contributed by atoms with Gasteiger partial charge in [0.2, 0.25) is 5.91 Å². The minimum atomic E-state index is -0.467. The van der Waals surface area contributed by atoms with Gasteiger partial charge in [0, 0.05) is 23.8 Å². The van der Waals surface area contributed by atoms with Crippen LogP contribution in [0.2, 0.25) is 0 Å². The van der Waals surface area contributed by atoms with Crippen molar-refractivity contribution in [3.63, 3.8) is 0 Å². The van der Waals surface area contributed by atoms with Gasteiger partial charge >= 0.3 is 5.97 Å². The van der Waals surface area contributed by atoms with E-state index in [1.54, 1.807) is 30.7 Å². The second-order valence-electron chi connectivity index (χ2n) is 7.56. The van der Waals surface area contributed by atoms with Crippen LogP contribution in [0.4, 0.5) is 10.8 Å². The maximum atomic E-state index is 12.7. The Balaban J connectivity index is 1.51. The van der Waals surface area contributed by atoms with Crippen molar-refractivity contribution >= 4 is 34.0 Å². The van der Waals surface area contributed by atoms with E-state index in [2.05, 4.69) is 11.9 Å². The summed E-state index contributed by atoms with van der Waals surface area (Å²) in [6.45, 7) is 5.51. The lowest BCUT2D eigenvalue weighted by atomic mass is 9.97. The highest BCUT2D eigenvalue weighted by molar-refractivity contribution is 7.14. The second kappa shape index (κ2) is 9.00. The predicted octanol–water partition coefficient (Wildman–Crippen LogP) is 5.08. The average molecular weight is 453 g/mol. The van der Waals surface area contributed by atoms with E-state index in [1.807, 2.05) is 31.2 Å². The molecule has 0 fully saturated rings. The van der Waals surface area contributed by atoms with Crippen LogP contribution in [0.15, 0.2) is 47.8 Å². The van der Waals surface area contributed by atoms with Crippen molar-refractivity contribution in [1.82, 2.24) is 4.98 Å². The largest absolute Gasteiger partial charge is 0.495 e. The number of hydrogen-bond acceptors (Lipinski definition) is 7. The summed E-state index contributed by atoms with van der Waals surface area (Å²) in [5.41, 5.74) is 2.57. The van der Waals surface area contributed by atoms with Crippen LogP contribution in [0.5, 0.6) is 11.5 Å². The lowest BCUT2D eigenvalue weighted by molar-refractivity contribution is -0.115. The Labute approximate surface area is 190 Å². The Kier molecular flexibility index (Phi) is 6.14. The first kappa shape index (κ1) is 21.8. The van der Waals surface area contributed by atoms with Gasteiger partial charge in [0.25, 0.3) is 0 Å². The highest BCUT2D eigenvalue weighted by Crippen LogP contribution is 2.40. The van der Waals surface area contributed by atoms with Crippen molar-refractivity contribution in [2.24, 2.45) is 0 Å². The molecule has 0 saturated heterocycles. The number of benzene rings is 2. The van der Waals surface area contributed by atoms with Crippen LogP contribution in [0.3, 0.4) is 0 Å². The molecule has 0 N–H and O–H groups in total. The van der Waals surface area contributed by atoms with Crippen LogP contribution in [0, 0.1) is 0 Å². The van der Waals surface area contributed by atoms with Crippen molar-refractivity contribution < 1.29 is 23.8 Å². The third kappa shape index (κ3) is 4.05. The normalized spacial score (nSPS) is 16.8. The lowest BCUT2D eigenvalue weighted by Crippen LogP contribution is -2.23. The van der Waals surface area contributed by atoms with Crippen LogP contribution < -0.4 is 14.4 Å². The summed E-state index contributed by atoms with van der Waals surface area (Å²) in [5, 5.41) is 2.24. The average Bonchev–Trinajstić information content (AvgIpc) is 3.36. The monoisotopic (exact) mass is 452 g/mol. The number of methoxy groups -OCH3 is 1. The van der Waals surface area contributed by atoms with Gasteiger partial charge in [-0.05, 0) is 25.1 Å². The molecule has 4 rings (SSSR count). The van der Waals surface area contributed by atoms with Crippen molar-refractivity contribution in [3.8, 4) is 11.5 Å². The molecule has 32 heavy (non-hydrogen) atoms. The number of esters is 1. The number of aromatic nitrogens is 1. The van der Waals surface area contributed by atoms with Gasteiger partial charge in [-0.15, -0.1) is 11.3 Å². The number of hydrogen-bond donors (Lipinski definition) is 0. The summed E-state index contributed by atoms with van der Waals surface area (Å²) in [6.07, 6.45) is 0.00703. The molecule has 1 aliphatic heterocycles. The minimum absolute atomic E-state index is 0.00703.